The summed E-state index contributed by atoms with van der Waals surface area (Å²) in [7, 11) is -3.89. The highest BCUT2D eigenvalue weighted by atomic mass is 79.9. The molecule has 0 bridgehead atoms. The van der Waals surface area contributed by atoms with E-state index in [4.69, 9.17) is 5.73 Å². The molecule has 0 fully saturated rings. The number of nitrogens with zero attached hydrogens (tertiary/aromatic N) is 1. The minimum absolute atomic E-state index is 0. The molecule has 0 unspecified atom stereocenters. The van der Waals surface area contributed by atoms with Crippen molar-refractivity contribution in [2.24, 2.45) is 5.73 Å². The predicted molar refractivity (Wildman–Crippen MR) is 81.5 cm³/mol. The molecule has 0 aliphatic heterocycles. The fourth-order valence-corrected chi connectivity index (χ4v) is 2.99. The van der Waals surface area contributed by atoms with E-state index in [1.165, 1.54) is 12.1 Å². The standard InChI is InChI=1S/C10H14BrN3O4S.ClH/c11-8-3-4-10(9(7-8)14(15)16)19(17,18)13-6-2-1-5-12;/h3-4,7,13H,1-2,5-6,12H2;1H. The van der Waals surface area contributed by atoms with Crippen LogP contribution in [0.2, 0.25) is 0 Å². The van der Waals surface area contributed by atoms with E-state index in [1.54, 1.807) is 0 Å². The lowest BCUT2D eigenvalue weighted by Gasteiger charge is -2.07. The summed E-state index contributed by atoms with van der Waals surface area (Å²) >= 11 is 3.07. The van der Waals surface area contributed by atoms with E-state index < -0.39 is 20.6 Å². The van der Waals surface area contributed by atoms with Gasteiger partial charge in [-0.1, -0.05) is 15.9 Å². The summed E-state index contributed by atoms with van der Waals surface area (Å²) in [5, 5.41) is 10.9. The van der Waals surface area contributed by atoms with Crippen molar-refractivity contribution in [2.45, 2.75) is 17.7 Å². The Labute approximate surface area is 131 Å². The number of hydrogen-bond acceptors (Lipinski definition) is 5. The smallest absolute Gasteiger partial charge is 0.290 e. The third-order valence-corrected chi connectivity index (χ3v) is 4.33. The third kappa shape index (κ3) is 5.33. The molecule has 0 aliphatic carbocycles. The molecular weight excluding hydrogens is 374 g/mol. The Morgan fingerprint density at radius 2 is 2.00 bits per heavy atom. The number of halogens is 2. The van der Waals surface area contributed by atoms with E-state index in [9.17, 15) is 18.5 Å². The fraction of sp³-hybridized carbons (Fsp3) is 0.400. The molecule has 1 rings (SSSR count). The third-order valence-electron chi connectivity index (χ3n) is 2.33. The van der Waals surface area contributed by atoms with Crippen LogP contribution in [0.15, 0.2) is 27.6 Å². The van der Waals surface area contributed by atoms with Crippen LogP contribution in [0.25, 0.3) is 0 Å². The minimum atomic E-state index is -3.89. The molecule has 7 nitrogen and oxygen atoms in total. The fourth-order valence-electron chi connectivity index (χ4n) is 1.41. The molecule has 0 saturated heterocycles. The molecule has 1 aromatic rings. The first-order valence-electron chi connectivity index (χ1n) is 5.52. The monoisotopic (exact) mass is 387 g/mol. The van der Waals surface area contributed by atoms with E-state index >= 15 is 0 Å². The van der Waals surface area contributed by atoms with Gasteiger partial charge in [0.15, 0.2) is 4.90 Å². The van der Waals surface area contributed by atoms with Crippen LogP contribution in [0.5, 0.6) is 0 Å². The van der Waals surface area contributed by atoms with Crippen LogP contribution in [-0.4, -0.2) is 26.4 Å². The second kappa shape index (κ2) is 8.53. The number of hydrogen-bond donors (Lipinski definition) is 2. The maximum atomic E-state index is 12.0. The van der Waals surface area contributed by atoms with Gasteiger partial charge in [0.1, 0.15) is 0 Å². The number of nitro benzene ring substituents is 1. The quantitative estimate of drug-likeness (QED) is 0.420. The van der Waals surface area contributed by atoms with Crippen molar-refractivity contribution in [2.75, 3.05) is 13.1 Å². The zero-order chi connectivity index (χ0) is 14.5. The van der Waals surface area contributed by atoms with Gasteiger partial charge in [0, 0.05) is 17.1 Å². The number of rotatable bonds is 7. The van der Waals surface area contributed by atoms with Crippen molar-refractivity contribution in [1.29, 1.82) is 0 Å². The average Bonchev–Trinajstić information content (AvgIpc) is 2.34. The molecule has 3 N–H and O–H groups in total. The summed E-state index contributed by atoms with van der Waals surface area (Å²) in [5.41, 5.74) is 4.84. The zero-order valence-electron chi connectivity index (χ0n) is 10.4. The molecule has 0 amide bonds. The number of nitrogens with one attached hydrogen (secondary N) is 1. The Bertz CT molecular complexity index is 568. The van der Waals surface area contributed by atoms with Gasteiger partial charge in [0.05, 0.1) is 4.92 Å². The van der Waals surface area contributed by atoms with Crippen molar-refractivity contribution in [1.82, 2.24) is 4.72 Å². The molecule has 20 heavy (non-hydrogen) atoms. The number of benzene rings is 1. The van der Waals surface area contributed by atoms with Crippen molar-refractivity contribution >= 4 is 44.0 Å². The van der Waals surface area contributed by atoms with Crippen molar-refractivity contribution in [3.05, 3.63) is 32.8 Å². The topological polar surface area (TPSA) is 115 Å². The second-order valence-electron chi connectivity index (χ2n) is 3.76. The van der Waals surface area contributed by atoms with Crippen LogP contribution in [0.1, 0.15) is 12.8 Å². The number of unbranched alkanes of at least 4 members (excludes halogenated alkanes) is 1. The molecule has 0 saturated carbocycles. The van der Waals surface area contributed by atoms with Gasteiger partial charge in [-0.15, -0.1) is 12.4 Å². The average molecular weight is 389 g/mol. The normalized spacial score (nSPS) is 10.9. The van der Waals surface area contributed by atoms with Crippen molar-refractivity contribution in [3.8, 4) is 0 Å². The van der Waals surface area contributed by atoms with E-state index in [0.717, 1.165) is 6.07 Å². The number of sulfonamides is 1. The van der Waals surface area contributed by atoms with Crippen LogP contribution in [-0.2, 0) is 10.0 Å². The lowest BCUT2D eigenvalue weighted by molar-refractivity contribution is -0.387. The van der Waals surface area contributed by atoms with Gasteiger partial charge in [-0.2, -0.15) is 0 Å². The first-order valence-corrected chi connectivity index (χ1v) is 7.80. The Hall–Kier alpha value is -0.740. The Morgan fingerprint density at radius 3 is 2.55 bits per heavy atom. The van der Waals surface area contributed by atoms with Gasteiger partial charge in [-0.05, 0) is 31.5 Å². The summed E-state index contributed by atoms with van der Waals surface area (Å²) in [6, 6.07) is 3.81. The highest BCUT2D eigenvalue weighted by molar-refractivity contribution is 9.10. The summed E-state index contributed by atoms with van der Waals surface area (Å²) in [6.45, 7) is 0.674. The molecule has 0 spiro atoms. The summed E-state index contributed by atoms with van der Waals surface area (Å²) in [4.78, 5) is 9.81. The van der Waals surface area contributed by atoms with E-state index in [1.807, 2.05) is 0 Å². The highest BCUT2D eigenvalue weighted by Gasteiger charge is 2.25. The maximum Gasteiger partial charge on any atom is 0.290 e. The highest BCUT2D eigenvalue weighted by Crippen LogP contribution is 2.27. The molecule has 0 aromatic heterocycles. The number of nitro groups is 1. The first kappa shape index (κ1) is 19.3. The SMILES string of the molecule is Cl.NCCCCNS(=O)(=O)c1ccc(Br)cc1[N+](=O)[O-]. The van der Waals surface area contributed by atoms with Crippen LogP contribution >= 0.6 is 28.3 Å². The van der Waals surface area contributed by atoms with Crippen LogP contribution in [0.4, 0.5) is 5.69 Å². The summed E-state index contributed by atoms with van der Waals surface area (Å²) < 4.78 is 26.7. The van der Waals surface area contributed by atoms with Gasteiger partial charge in [-0.25, -0.2) is 13.1 Å². The zero-order valence-corrected chi connectivity index (χ0v) is 13.6. The lowest BCUT2D eigenvalue weighted by Crippen LogP contribution is -2.26. The number of nitrogens with two attached hydrogens (primary N) is 1. The molecule has 1 aromatic carbocycles. The van der Waals surface area contributed by atoms with Crippen LogP contribution in [0.3, 0.4) is 0 Å². The molecule has 114 valence electrons. The summed E-state index contributed by atoms with van der Waals surface area (Å²) in [5.74, 6) is 0. The van der Waals surface area contributed by atoms with Crippen LogP contribution in [0, 0.1) is 10.1 Å². The van der Waals surface area contributed by atoms with Gasteiger partial charge >= 0.3 is 0 Å². The molecule has 0 atom stereocenters. The van der Waals surface area contributed by atoms with E-state index in [2.05, 4.69) is 20.7 Å². The molecular formula is C10H15BrClN3O4S. The molecule has 0 aliphatic rings. The van der Waals surface area contributed by atoms with Gasteiger partial charge in [0.2, 0.25) is 10.0 Å². The molecule has 10 heteroatoms. The van der Waals surface area contributed by atoms with Gasteiger partial charge in [0.25, 0.3) is 5.69 Å². The van der Waals surface area contributed by atoms with Crippen molar-refractivity contribution < 1.29 is 13.3 Å². The first-order chi connectivity index (χ1) is 8.88. The Balaban J connectivity index is 0.00000361. The summed E-state index contributed by atoms with van der Waals surface area (Å²) in [6.07, 6.45) is 1.27. The Morgan fingerprint density at radius 1 is 1.35 bits per heavy atom. The predicted octanol–water partition coefficient (Wildman–Crippen LogP) is 1.80. The van der Waals surface area contributed by atoms with Crippen molar-refractivity contribution in [3.63, 3.8) is 0 Å². The maximum absolute atomic E-state index is 12.0. The largest absolute Gasteiger partial charge is 0.330 e. The van der Waals surface area contributed by atoms with Gasteiger partial charge in [-0.3, -0.25) is 10.1 Å². The molecule has 0 radical (unpaired) electrons. The second-order valence-corrected chi connectivity index (χ2v) is 6.41. The van der Waals surface area contributed by atoms with Gasteiger partial charge < -0.3 is 5.73 Å². The minimum Gasteiger partial charge on any atom is -0.330 e. The lowest BCUT2D eigenvalue weighted by atomic mass is 10.3. The van der Waals surface area contributed by atoms with E-state index in [-0.39, 0.29) is 23.8 Å². The Kier molecular flexibility index (Phi) is 8.21. The van der Waals surface area contributed by atoms with Crippen LogP contribution < -0.4 is 10.5 Å². The molecule has 0 heterocycles. The van der Waals surface area contributed by atoms with E-state index in [0.29, 0.717) is 23.9 Å².